The molecule has 0 aromatic heterocycles. The first kappa shape index (κ1) is 12.5. The molecule has 0 saturated carbocycles. The Hall–Kier alpha value is -0.610. The summed E-state index contributed by atoms with van der Waals surface area (Å²) in [6.45, 7) is 9.43. The number of hydrogen-bond acceptors (Lipinski definition) is 2. The lowest BCUT2D eigenvalue weighted by molar-refractivity contribution is 0.316. The highest BCUT2D eigenvalue weighted by Crippen LogP contribution is 2.35. The van der Waals surface area contributed by atoms with E-state index in [2.05, 4.69) is 27.6 Å². The minimum Gasteiger partial charge on any atom is -0.326 e. The third-order valence-corrected chi connectivity index (χ3v) is 2.94. The summed E-state index contributed by atoms with van der Waals surface area (Å²) in [4.78, 5) is 5.48. The van der Waals surface area contributed by atoms with Crippen LogP contribution < -0.4 is 0 Å². The average Bonchev–Trinajstić information content (AvgIpc) is 2.40. The number of halogens is 2. The third-order valence-electron chi connectivity index (χ3n) is 2.03. The molecule has 0 bridgehead atoms. The molecular formula is C10H13BrClN3. The van der Waals surface area contributed by atoms with Crippen LogP contribution >= 0.6 is 27.5 Å². The molecule has 0 aromatic carbocycles. The molecule has 0 fully saturated rings. The van der Waals surface area contributed by atoms with Crippen LogP contribution in [0.25, 0.3) is 0 Å². The van der Waals surface area contributed by atoms with Gasteiger partial charge in [-0.2, -0.15) is 0 Å². The van der Waals surface area contributed by atoms with Crippen molar-refractivity contribution in [2.24, 2.45) is 4.99 Å². The standard InChI is InChI=1S/C10H13BrClN3/c1-10(2,3)15-5-6(11)7(9(15)13)8(12)14-4/h5,13H,4H2,1-3H3/b8-7-,13-9?. The van der Waals surface area contributed by atoms with Crippen molar-refractivity contribution in [3.05, 3.63) is 21.4 Å². The fourth-order valence-electron chi connectivity index (χ4n) is 1.28. The summed E-state index contributed by atoms with van der Waals surface area (Å²) in [5.41, 5.74) is 0.428. The second-order valence-corrected chi connectivity index (χ2v) is 5.40. The van der Waals surface area contributed by atoms with Crippen molar-refractivity contribution in [2.75, 3.05) is 0 Å². The van der Waals surface area contributed by atoms with Gasteiger partial charge in [0.25, 0.3) is 0 Å². The average molecular weight is 291 g/mol. The van der Waals surface area contributed by atoms with Gasteiger partial charge in [-0.05, 0) is 43.4 Å². The number of amidine groups is 1. The van der Waals surface area contributed by atoms with E-state index >= 15 is 0 Å². The first-order valence-corrected chi connectivity index (χ1v) is 5.58. The van der Waals surface area contributed by atoms with E-state index in [0.29, 0.717) is 11.4 Å². The molecule has 1 aliphatic rings. The Bertz CT molecular complexity index is 377. The highest BCUT2D eigenvalue weighted by atomic mass is 79.9. The van der Waals surface area contributed by atoms with E-state index in [-0.39, 0.29) is 10.7 Å². The van der Waals surface area contributed by atoms with Gasteiger partial charge in [-0.15, -0.1) is 0 Å². The summed E-state index contributed by atoms with van der Waals surface area (Å²) >= 11 is 9.26. The molecule has 0 radical (unpaired) electrons. The second-order valence-electron chi connectivity index (χ2n) is 4.19. The van der Waals surface area contributed by atoms with Crippen LogP contribution in [0.5, 0.6) is 0 Å². The third kappa shape index (κ3) is 2.32. The van der Waals surface area contributed by atoms with Gasteiger partial charge in [-0.3, -0.25) is 10.4 Å². The minimum absolute atomic E-state index is 0.157. The highest BCUT2D eigenvalue weighted by Gasteiger charge is 2.32. The van der Waals surface area contributed by atoms with Crippen LogP contribution in [-0.2, 0) is 0 Å². The molecule has 15 heavy (non-hydrogen) atoms. The van der Waals surface area contributed by atoms with Gasteiger partial charge in [0.05, 0.1) is 5.57 Å². The van der Waals surface area contributed by atoms with Crippen LogP contribution in [0.15, 0.2) is 26.4 Å². The molecule has 1 N–H and O–H groups in total. The molecule has 5 heteroatoms. The van der Waals surface area contributed by atoms with Crippen LogP contribution in [0.1, 0.15) is 20.8 Å². The molecule has 1 heterocycles. The van der Waals surface area contributed by atoms with Crippen molar-refractivity contribution in [1.29, 1.82) is 5.41 Å². The van der Waals surface area contributed by atoms with Crippen molar-refractivity contribution < 1.29 is 0 Å². The van der Waals surface area contributed by atoms with Crippen molar-refractivity contribution in [3.8, 4) is 0 Å². The molecule has 82 valence electrons. The first-order chi connectivity index (χ1) is 6.79. The Morgan fingerprint density at radius 1 is 1.60 bits per heavy atom. The molecule has 0 amide bonds. The number of aliphatic imine (C=N–C) groups is 1. The lowest BCUT2D eigenvalue weighted by Crippen LogP contribution is -2.39. The summed E-state index contributed by atoms with van der Waals surface area (Å²) in [5.74, 6) is 0.340. The maximum absolute atomic E-state index is 8.00. The van der Waals surface area contributed by atoms with Crippen LogP contribution in [0, 0.1) is 5.41 Å². The van der Waals surface area contributed by atoms with Crippen LogP contribution in [-0.4, -0.2) is 23.0 Å². The van der Waals surface area contributed by atoms with Gasteiger partial charge < -0.3 is 4.90 Å². The topological polar surface area (TPSA) is 39.5 Å². The number of hydrogen-bond donors (Lipinski definition) is 1. The van der Waals surface area contributed by atoms with Gasteiger partial charge in [0, 0.05) is 16.2 Å². The monoisotopic (exact) mass is 289 g/mol. The molecular weight excluding hydrogens is 277 g/mol. The minimum atomic E-state index is -0.157. The van der Waals surface area contributed by atoms with E-state index in [1.807, 2.05) is 31.9 Å². The summed E-state index contributed by atoms with van der Waals surface area (Å²) in [6, 6.07) is 0. The van der Waals surface area contributed by atoms with E-state index in [0.717, 1.165) is 4.48 Å². The molecule has 0 aromatic rings. The van der Waals surface area contributed by atoms with Crippen molar-refractivity contribution in [3.63, 3.8) is 0 Å². The van der Waals surface area contributed by atoms with Gasteiger partial charge in [0.2, 0.25) is 0 Å². The lowest BCUT2D eigenvalue weighted by Gasteiger charge is -2.31. The Kier molecular flexibility index (Phi) is 3.41. The van der Waals surface area contributed by atoms with Gasteiger partial charge in [-0.1, -0.05) is 11.6 Å². The lowest BCUT2D eigenvalue weighted by atomic mass is 10.1. The number of nitrogens with one attached hydrogen (secondary N) is 1. The predicted molar refractivity (Wildman–Crippen MR) is 68.8 cm³/mol. The normalized spacial score (nSPS) is 20.5. The van der Waals surface area contributed by atoms with Crippen molar-refractivity contribution in [1.82, 2.24) is 4.90 Å². The zero-order valence-electron chi connectivity index (χ0n) is 8.93. The van der Waals surface area contributed by atoms with E-state index < -0.39 is 0 Å². The smallest absolute Gasteiger partial charge is 0.140 e. The summed E-state index contributed by atoms with van der Waals surface area (Å²) < 4.78 is 0.764. The molecule has 3 nitrogen and oxygen atoms in total. The SMILES string of the molecule is C=N/C(Cl)=C1\C(=N)N(C(C)(C)C)C=C1Br. The Morgan fingerprint density at radius 3 is 2.47 bits per heavy atom. The van der Waals surface area contributed by atoms with Crippen LogP contribution in [0.3, 0.4) is 0 Å². The van der Waals surface area contributed by atoms with Gasteiger partial charge in [0.1, 0.15) is 11.0 Å². The molecule has 1 rings (SSSR count). The number of rotatable bonds is 1. The number of nitrogens with zero attached hydrogens (tertiary/aromatic N) is 2. The molecule has 0 spiro atoms. The molecule has 0 saturated heterocycles. The van der Waals surface area contributed by atoms with Gasteiger partial charge in [0.15, 0.2) is 0 Å². The van der Waals surface area contributed by atoms with Gasteiger partial charge in [-0.25, -0.2) is 0 Å². The second kappa shape index (κ2) is 4.10. The van der Waals surface area contributed by atoms with E-state index in [1.165, 1.54) is 0 Å². The fourth-order valence-corrected chi connectivity index (χ4v) is 2.17. The highest BCUT2D eigenvalue weighted by molar-refractivity contribution is 9.12. The van der Waals surface area contributed by atoms with E-state index in [4.69, 9.17) is 17.0 Å². The largest absolute Gasteiger partial charge is 0.326 e. The van der Waals surface area contributed by atoms with E-state index in [9.17, 15) is 0 Å². The summed E-state index contributed by atoms with van der Waals surface area (Å²) in [6.07, 6.45) is 1.84. The summed E-state index contributed by atoms with van der Waals surface area (Å²) in [5, 5.41) is 8.24. The van der Waals surface area contributed by atoms with Crippen LogP contribution in [0.2, 0.25) is 0 Å². The maximum atomic E-state index is 8.00. The maximum Gasteiger partial charge on any atom is 0.140 e. The molecule has 1 aliphatic heterocycles. The quantitative estimate of drug-likeness (QED) is 0.583. The molecule has 0 unspecified atom stereocenters. The van der Waals surface area contributed by atoms with Crippen molar-refractivity contribution in [2.45, 2.75) is 26.3 Å². The van der Waals surface area contributed by atoms with Crippen LogP contribution in [0.4, 0.5) is 0 Å². The summed E-state index contributed by atoms with van der Waals surface area (Å²) in [7, 11) is 0. The molecule has 0 aliphatic carbocycles. The Balaban J connectivity index is 3.20. The first-order valence-electron chi connectivity index (χ1n) is 4.41. The van der Waals surface area contributed by atoms with E-state index in [1.54, 1.807) is 0 Å². The Morgan fingerprint density at radius 2 is 2.13 bits per heavy atom. The predicted octanol–water partition coefficient (Wildman–Crippen LogP) is 3.47. The zero-order valence-corrected chi connectivity index (χ0v) is 11.3. The fraction of sp³-hybridized carbons (Fsp3) is 0.400. The van der Waals surface area contributed by atoms with Crippen molar-refractivity contribution >= 4 is 40.1 Å². The zero-order chi connectivity index (χ0) is 11.8. The van der Waals surface area contributed by atoms with Gasteiger partial charge >= 0.3 is 0 Å². The Labute approximate surface area is 103 Å². The molecule has 0 atom stereocenters.